The Morgan fingerprint density at radius 2 is 2.10 bits per heavy atom. The van der Waals surface area contributed by atoms with E-state index in [9.17, 15) is 19.5 Å². The number of aryl methyl sites for hydroxylation is 1. The first-order valence-corrected chi connectivity index (χ1v) is 6.87. The van der Waals surface area contributed by atoms with E-state index in [0.717, 1.165) is 4.88 Å². The minimum Gasteiger partial charge on any atom is -0.478 e. The molecular formula is C12H15N3O4S. The van der Waals surface area contributed by atoms with Crippen molar-refractivity contribution in [3.05, 3.63) is 16.0 Å². The number of nitrogens with one attached hydrogen (secondary N) is 3. The van der Waals surface area contributed by atoms with Gasteiger partial charge in [0.1, 0.15) is 5.00 Å². The van der Waals surface area contributed by atoms with Crippen LogP contribution in [0.25, 0.3) is 0 Å². The number of carbonyl (C=O) groups is 3. The lowest BCUT2D eigenvalue weighted by Crippen LogP contribution is -2.39. The Morgan fingerprint density at radius 3 is 2.65 bits per heavy atom. The average Bonchev–Trinajstić information content (AvgIpc) is 2.84. The lowest BCUT2D eigenvalue weighted by Gasteiger charge is -2.11. The van der Waals surface area contributed by atoms with Crippen molar-refractivity contribution in [1.82, 2.24) is 10.6 Å². The van der Waals surface area contributed by atoms with Gasteiger partial charge in [0, 0.05) is 17.8 Å². The van der Waals surface area contributed by atoms with Gasteiger partial charge in [-0.15, -0.1) is 11.3 Å². The van der Waals surface area contributed by atoms with Crippen LogP contribution in [0.5, 0.6) is 0 Å². The summed E-state index contributed by atoms with van der Waals surface area (Å²) in [6.45, 7) is 3.90. The fourth-order valence-corrected chi connectivity index (χ4v) is 3.05. The maximum Gasteiger partial charge on any atom is 0.338 e. The normalized spacial score (nSPS) is 17.7. The van der Waals surface area contributed by atoms with Crippen LogP contribution in [0.15, 0.2) is 0 Å². The second-order valence-corrected chi connectivity index (χ2v) is 5.82. The van der Waals surface area contributed by atoms with Crippen LogP contribution in [-0.2, 0) is 4.79 Å². The van der Waals surface area contributed by atoms with Crippen LogP contribution in [0.1, 0.15) is 27.2 Å². The first-order valence-electron chi connectivity index (χ1n) is 6.06. The predicted octanol–water partition coefficient (Wildman–Crippen LogP) is 1.07. The number of rotatable bonds is 3. The molecular weight excluding hydrogens is 282 g/mol. The average molecular weight is 297 g/mol. The molecule has 1 unspecified atom stereocenters. The zero-order chi connectivity index (χ0) is 14.9. The number of carbonyl (C=O) groups excluding carboxylic acids is 2. The molecule has 2 heterocycles. The summed E-state index contributed by atoms with van der Waals surface area (Å²) in [5.74, 6) is -1.18. The van der Waals surface area contributed by atoms with E-state index in [-0.39, 0.29) is 23.9 Å². The van der Waals surface area contributed by atoms with E-state index in [1.54, 1.807) is 13.8 Å². The Labute approximate surface area is 119 Å². The molecule has 8 heteroatoms. The van der Waals surface area contributed by atoms with Gasteiger partial charge in [0.05, 0.1) is 11.6 Å². The number of carboxylic acids is 1. The Balaban J connectivity index is 2.06. The summed E-state index contributed by atoms with van der Waals surface area (Å²) in [5.41, 5.74) is 0.763. The number of thiophene rings is 1. The first kappa shape index (κ1) is 14.3. The van der Waals surface area contributed by atoms with Crippen LogP contribution in [-0.4, -0.2) is 35.6 Å². The number of hydrogen-bond acceptors (Lipinski definition) is 4. The van der Waals surface area contributed by atoms with Gasteiger partial charge >= 0.3 is 12.0 Å². The lowest BCUT2D eigenvalue weighted by atomic mass is 10.1. The molecule has 20 heavy (non-hydrogen) atoms. The number of amides is 3. The number of anilines is 1. The Morgan fingerprint density at radius 1 is 1.40 bits per heavy atom. The molecule has 0 spiro atoms. The summed E-state index contributed by atoms with van der Waals surface area (Å²) in [5, 5.41) is 17.3. The predicted molar refractivity (Wildman–Crippen MR) is 74.3 cm³/mol. The van der Waals surface area contributed by atoms with E-state index >= 15 is 0 Å². The minimum atomic E-state index is -1.07. The topological polar surface area (TPSA) is 108 Å². The lowest BCUT2D eigenvalue weighted by molar-refractivity contribution is -0.119. The molecule has 1 saturated heterocycles. The summed E-state index contributed by atoms with van der Waals surface area (Å²) in [6, 6.07) is -0.770. The molecule has 3 amide bonds. The van der Waals surface area contributed by atoms with Gasteiger partial charge in [-0.25, -0.2) is 9.59 Å². The smallest absolute Gasteiger partial charge is 0.338 e. The van der Waals surface area contributed by atoms with E-state index in [4.69, 9.17) is 0 Å². The highest BCUT2D eigenvalue weighted by Crippen LogP contribution is 2.32. The van der Waals surface area contributed by atoms with Crippen molar-refractivity contribution in [2.24, 2.45) is 0 Å². The molecule has 0 aliphatic carbocycles. The fraction of sp³-hybridized carbons (Fsp3) is 0.417. The Bertz CT molecular complexity index is 582. The monoisotopic (exact) mass is 297 g/mol. The zero-order valence-corrected chi connectivity index (χ0v) is 11.9. The van der Waals surface area contributed by atoms with Crippen LogP contribution in [0.3, 0.4) is 0 Å². The fourth-order valence-electron chi connectivity index (χ4n) is 2.00. The van der Waals surface area contributed by atoms with Crippen molar-refractivity contribution in [2.45, 2.75) is 26.3 Å². The summed E-state index contributed by atoms with van der Waals surface area (Å²) in [4.78, 5) is 34.9. The molecule has 1 aliphatic rings. The second kappa shape index (κ2) is 5.49. The van der Waals surface area contributed by atoms with E-state index in [2.05, 4.69) is 16.0 Å². The number of aromatic carboxylic acids is 1. The van der Waals surface area contributed by atoms with Crippen molar-refractivity contribution < 1.29 is 19.5 Å². The SMILES string of the molecule is Cc1sc(NC(=O)NC2CNC(=O)C2)c(C(=O)O)c1C. The highest BCUT2D eigenvalue weighted by atomic mass is 32.1. The van der Waals surface area contributed by atoms with E-state index in [1.165, 1.54) is 11.3 Å². The summed E-state index contributed by atoms with van der Waals surface area (Å²) < 4.78 is 0. The maximum absolute atomic E-state index is 11.8. The highest BCUT2D eigenvalue weighted by molar-refractivity contribution is 7.16. The van der Waals surface area contributed by atoms with Gasteiger partial charge in [-0.1, -0.05) is 0 Å². The Hall–Kier alpha value is -2.09. The molecule has 0 saturated carbocycles. The number of hydrogen-bond donors (Lipinski definition) is 4. The van der Waals surface area contributed by atoms with Gasteiger partial charge in [-0.3, -0.25) is 10.1 Å². The Kier molecular flexibility index (Phi) is 3.93. The molecule has 0 bridgehead atoms. The largest absolute Gasteiger partial charge is 0.478 e. The molecule has 1 fully saturated rings. The van der Waals surface area contributed by atoms with Gasteiger partial charge in [-0.2, -0.15) is 0 Å². The van der Waals surface area contributed by atoms with E-state index in [1.807, 2.05) is 0 Å². The molecule has 1 aliphatic heterocycles. The number of carboxylic acid groups (broad SMARTS) is 1. The van der Waals surface area contributed by atoms with Crippen LogP contribution in [0.2, 0.25) is 0 Å². The molecule has 0 radical (unpaired) electrons. The first-order chi connectivity index (χ1) is 9.38. The van der Waals surface area contributed by atoms with E-state index in [0.29, 0.717) is 17.1 Å². The van der Waals surface area contributed by atoms with Gasteiger partial charge in [0.25, 0.3) is 0 Å². The summed E-state index contributed by atoms with van der Waals surface area (Å²) >= 11 is 1.22. The molecule has 1 aromatic heterocycles. The highest BCUT2D eigenvalue weighted by Gasteiger charge is 2.24. The van der Waals surface area contributed by atoms with Gasteiger partial charge in [0.15, 0.2) is 0 Å². The van der Waals surface area contributed by atoms with Crippen molar-refractivity contribution in [3.8, 4) is 0 Å². The molecule has 4 N–H and O–H groups in total. The van der Waals surface area contributed by atoms with Gasteiger partial charge < -0.3 is 15.7 Å². The number of urea groups is 1. The van der Waals surface area contributed by atoms with Gasteiger partial charge in [0.2, 0.25) is 5.91 Å². The molecule has 7 nitrogen and oxygen atoms in total. The molecule has 2 rings (SSSR count). The molecule has 1 aromatic rings. The van der Waals surface area contributed by atoms with Crippen LogP contribution < -0.4 is 16.0 Å². The third kappa shape index (κ3) is 2.90. The van der Waals surface area contributed by atoms with Crippen LogP contribution in [0, 0.1) is 13.8 Å². The summed E-state index contributed by atoms with van der Waals surface area (Å²) in [6.07, 6.45) is 0.238. The van der Waals surface area contributed by atoms with Crippen LogP contribution >= 0.6 is 11.3 Å². The van der Waals surface area contributed by atoms with Crippen molar-refractivity contribution in [3.63, 3.8) is 0 Å². The molecule has 1 atom stereocenters. The van der Waals surface area contributed by atoms with Gasteiger partial charge in [-0.05, 0) is 19.4 Å². The van der Waals surface area contributed by atoms with Crippen molar-refractivity contribution in [1.29, 1.82) is 0 Å². The van der Waals surface area contributed by atoms with E-state index < -0.39 is 12.0 Å². The summed E-state index contributed by atoms with van der Waals surface area (Å²) in [7, 11) is 0. The van der Waals surface area contributed by atoms with Crippen molar-refractivity contribution >= 4 is 34.2 Å². The second-order valence-electron chi connectivity index (χ2n) is 4.60. The van der Waals surface area contributed by atoms with Crippen LogP contribution in [0.4, 0.5) is 9.80 Å². The van der Waals surface area contributed by atoms with Crippen molar-refractivity contribution in [2.75, 3.05) is 11.9 Å². The maximum atomic E-state index is 11.8. The quantitative estimate of drug-likeness (QED) is 0.669. The molecule has 0 aromatic carbocycles. The third-order valence-electron chi connectivity index (χ3n) is 3.14. The standard InChI is InChI=1S/C12H15N3O4S/c1-5-6(2)20-10(9(5)11(17)18)15-12(19)14-7-3-8(16)13-4-7/h7H,3-4H2,1-2H3,(H,13,16)(H,17,18)(H2,14,15,19). The molecule has 108 valence electrons. The zero-order valence-electron chi connectivity index (χ0n) is 11.1. The third-order valence-corrected chi connectivity index (χ3v) is 4.26. The minimum absolute atomic E-state index is 0.107.